The van der Waals surface area contributed by atoms with Crippen molar-refractivity contribution in [2.24, 2.45) is 0 Å². The number of carbonyl (C=O) groups is 1. The zero-order chi connectivity index (χ0) is 18.2. The molecule has 0 radical (unpaired) electrons. The van der Waals surface area contributed by atoms with Gasteiger partial charge in [-0.1, -0.05) is 6.07 Å². The van der Waals surface area contributed by atoms with E-state index in [-0.39, 0.29) is 28.4 Å². The lowest BCUT2D eigenvalue weighted by molar-refractivity contribution is 0.104. The van der Waals surface area contributed by atoms with Gasteiger partial charge in [-0.3, -0.25) is 4.79 Å². The number of allylic oxidation sites excluding steroid dienone is 1. The Morgan fingerprint density at radius 3 is 2.44 bits per heavy atom. The normalized spacial score (nSPS) is 15.0. The van der Waals surface area contributed by atoms with Gasteiger partial charge in [-0.25, -0.2) is 0 Å². The molecule has 3 N–H and O–H groups in total. The third-order valence-electron chi connectivity index (χ3n) is 3.93. The van der Waals surface area contributed by atoms with Crippen molar-refractivity contribution in [3.63, 3.8) is 0 Å². The van der Waals surface area contributed by atoms with Crippen LogP contribution in [0.15, 0.2) is 42.5 Å². The number of fused-ring (bicyclic) bond motifs is 1. The maximum atomic E-state index is 12.4. The molecule has 0 amide bonds. The highest BCUT2D eigenvalue weighted by molar-refractivity contribution is 6.09. The minimum absolute atomic E-state index is 0.109. The molecule has 0 bridgehead atoms. The predicted molar refractivity (Wildman–Crippen MR) is 95.0 cm³/mol. The highest BCUT2D eigenvalue weighted by atomic mass is 16.5. The third-order valence-corrected chi connectivity index (χ3v) is 3.93. The molecule has 5 heteroatoms. The van der Waals surface area contributed by atoms with Crippen LogP contribution in [0.5, 0.6) is 23.0 Å². The first-order valence-corrected chi connectivity index (χ1v) is 7.76. The summed E-state index contributed by atoms with van der Waals surface area (Å²) < 4.78 is 5.75. The molecule has 1 aliphatic rings. The number of hydrogen-bond donors (Lipinski definition) is 3. The van der Waals surface area contributed by atoms with E-state index < -0.39 is 11.4 Å². The number of aromatic hydroxyl groups is 3. The van der Waals surface area contributed by atoms with E-state index in [0.717, 1.165) is 0 Å². The van der Waals surface area contributed by atoms with Gasteiger partial charge in [-0.15, -0.1) is 0 Å². The van der Waals surface area contributed by atoms with E-state index in [1.807, 2.05) is 13.8 Å². The van der Waals surface area contributed by atoms with Gasteiger partial charge >= 0.3 is 0 Å². The number of ketones is 1. The topological polar surface area (TPSA) is 87.0 Å². The van der Waals surface area contributed by atoms with Gasteiger partial charge in [0, 0.05) is 0 Å². The van der Waals surface area contributed by atoms with Crippen LogP contribution >= 0.6 is 0 Å². The summed E-state index contributed by atoms with van der Waals surface area (Å²) in [5, 5.41) is 29.9. The van der Waals surface area contributed by atoms with Crippen LogP contribution < -0.4 is 4.74 Å². The third kappa shape index (κ3) is 3.21. The molecule has 0 unspecified atom stereocenters. The van der Waals surface area contributed by atoms with E-state index in [4.69, 9.17) is 4.74 Å². The van der Waals surface area contributed by atoms with Gasteiger partial charge in [0.15, 0.2) is 5.78 Å². The molecule has 0 atom stereocenters. The number of hydrogen-bond acceptors (Lipinski definition) is 5. The quantitative estimate of drug-likeness (QED) is 0.584. The van der Waals surface area contributed by atoms with E-state index in [9.17, 15) is 20.1 Å². The molecule has 1 aliphatic heterocycles. The summed E-state index contributed by atoms with van der Waals surface area (Å²) >= 11 is 0. The lowest BCUT2D eigenvalue weighted by atomic mass is 9.98. The molecule has 128 valence electrons. The standard InChI is InChI=1S/C20H18O5/c1-20(2)11-10-14-18(25-20)9-7-13(19(14)24)17(23)8-6-12-15(21)4-3-5-16(12)22/h3-11,21-22,24H,1-2H3/b8-6+. The van der Waals surface area contributed by atoms with Gasteiger partial charge in [0.25, 0.3) is 0 Å². The molecule has 0 aromatic heterocycles. The molecule has 3 rings (SSSR count). The average Bonchev–Trinajstić information content (AvgIpc) is 2.53. The van der Waals surface area contributed by atoms with E-state index >= 15 is 0 Å². The second-order valence-corrected chi connectivity index (χ2v) is 6.32. The van der Waals surface area contributed by atoms with Gasteiger partial charge in [-0.2, -0.15) is 0 Å². The van der Waals surface area contributed by atoms with Crippen molar-refractivity contribution in [3.8, 4) is 23.0 Å². The fourth-order valence-corrected chi connectivity index (χ4v) is 2.60. The molecule has 2 aromatic rings. The summed E-state index contributed by atoms with van der Waals surface area (Å²) in [5.74, 6) is -0.403. The van der Waals surface area contributed by atoms with Crippen LogP contribution in [-0.2, 0) is 0 Å². The van der Waals surface area contributed by atoms with Crippen LogP contribution in [0.25, 0.3) is 12.2 Å². The Morgan fingerprint density at radius 2 is 1.76 bits per heavy atom. The first kappa shape index (κ1) is 16.6. The molecule has 25 heavy (non-hydrogen) atoms. The van der Waals surface area contributed by atoms with Crippen molar-refractivity contribution in [1.82, 2.24) is 0 Å². The molecule has 2 aromatic carbocycles. The molecule has 0 aliphatic carbocycles. The Balaban J connectivity index is 1.93. The van der Waals surface area contributed by atoms with Crippen molar-refractivity contribution in [3.05, 3.63) is 59.2 Å². The molecule has 1 heterocycles. The lowest BCUT2D eigenvalue weighted by Gasteiger charge is -2.28. The van der Waals surface area contributed by atoms with Crippen LogP contribution in [0.4, 0.5) is 0 Å². The summed E-state index contributed by atoms with van der Waals surface area (Å²) in [6.45, 7) is 3.79. The van der Waals surface area contributed by atoms with Crippen molar-refractivity contribution in [2.75, 3.05) is 0 Å². The first-order valence-electron chi connectivity index (χ1n) is 7.76. The summed E-state index contributed by atoms with van der Waals surface area (Å²) in [6.07, 6.45) is 6.03. The van der Waals surface area contributed by atoms with E-state index in [2.05, 4.69) is 0 Å². The SMILES string of the molecule is CC1(C)C=Cc2c(ccc(C(=O)/C=C/c3c(O)cccc3O)c2O)O1. The number of carbonyl (C=O) groups excluding carboxylic acids is 1. The second kappa shape index (κ2) is 6.02. The van der Waals surface area contributed by atoms with Crippen LogP contribution in [-0.4, -0.2) is 26.7 Å². The highest BCUT2D eigenvalue weighted by Gasteiger charge is 2.25. The Bertz CT molecular complexity index is 886. The molecule has 0 fully saturated rings. The van der Waals surface area contributed by atoms with Crippen LogP contribution in [0.2, 0.25) is 0 Å². The van der Waals surface area contributed by atoms with Crippen LogP contribution in [0.1, 0.15) is 35.3 Å². The van der Waals surface area contributed by atoms with Crippen molar-refractivity contribution in [2.45, 2.75) is 19.4 Å². The maximum absolute atomic E-state index is 12.4. The summed E-state index contributed by atoms with van der Waals surface area (Å²) in [6, 6.07) is 7.43. The number of ether oxygens (including phenoxy) is 1. The number of phenols is 3. The van der Waals surface area contributed by atoms with Gasteiger partial charge in [0.2, 0.25) is 0 Å². The van der Waals surface area contributed by atoms with Crippen molar-refractivity contribution in [1.29, 1.82) is 0 Å². The molecular weight excluding hydrogens is 320 g/mol. The van der Waals surface area contributed by atoms with Gasteiger partial charge in [0.05, 0.1) is 16.7 Å². The molecule has 0 saturated carbocycles. The molecule has 5 nitrogen and oxygen atoms in total. The predicted octanol–water partition coefficient (Wildman–Crippen LogP) is 3.88. The monoisotopic (exact) mass is 338 g/mol. The van der Waals surface area contributed by atoms with Crippen LogP contribution in [0.3, 0.4) is 0 Å². The minimum atomic E-state index is -0.479. The minimum Gasteiger partial charge on any atom is -0.507 e. The second-order valence-electron chi connectivity index (χ2n) is 6.32. The largest absolute Gasteiger partial charge is 0.507 e. The molecule has 0 spiro atoms. The number of phenolic OH excluding ortho intramolecular Hbond substituents is 3. The molecular formula is C20H18O5. The number of rotatable bonds is 3. The summed E-state index contributed by atoms with van der Waals surface area (Å²) in [5.41, 5.74) is 0.216. The van der Waals surface area contributed by atoms with E-state index in [1.54, 1.807) is 18.2 Å². The smallest absolute Gasteiger partial charge is 0.189 e. The van der Waals surface area contributed by atoms with E-state index in [0.29, 0.717) is 11.3 Å². The zero-order valence-electron chi connectivity index (χ0n) is 13.9. The Labute approximate surface area is 145 Å². The van der Waals surface area contributed by atoms with Crippen LogP contribution in [0, 0.1) is 0 Å². The Kier molecular flexibility index (Phi) is 4.00. The summed E-state index contributed by atoms with van der Waals surface area (Å²) in [4.78, 5) is 12.4. The first-order chi connectivity index (χ1) is 11.8. The number of benzene rings is 2. The van der Waals surface area contributed by atoms with Crippen molar-refractivity contribution >= 4 is 17.9 Å². The zero-order valence-corrected chi connectivity index (χ0v) is 13.9. The summed E-state index contributed by atoms with van der Waals surface area (Å²) in [7, 11) is 0. The fraction of sp³-hybridized carbons (Fsp3) is 0.150. The van der Waals surface area contributed by atoms with Gasteiger partial charge in [-0.05, 0) is 62.4 Å². The average molecular weight is 338 g/mol. The highest BCUT2D eigenvalue weighted by Crippen LogP contribution is 2.38. The van der Waals surface area contributed by atoms with Gasteiger partial charge < -0.3 is 20.1 Å². The van der Waals surface area contributed by atoms with E-state index in [1.165, 1.54) is 36.4 Å². The Morgan fingerprint density at radius 1 is 1.08 bits per heavy atom. The van der Waals surface area contributed by atoms with Gasteiger partial charge in [0.1, 0.15) is 28.6 Å². The van der Waals surface area contributed by atoms with Crippen molar-refractivity contribution < 1.29 is 24.9 Å². The Hall–Kier alpha value is -3.21. The maximum Gasteiger partial charge on any atom is 0.189 e. The lowest BCUT2D eigenvalue weighted by Crippen LogP contribution is -2.27. The fourth-order valence-electron chi connectivity index (χ4n) is 2.60. The molecule has 0 saturated heterocycles.